The molecule has 158 valence electrons. The fourth-order valence-corrected chi connectivity index (χ4v) is 5.18. The van der Waals surface area contributed by atoms with Gasteiger partial charge in [0.2, 0.25) is 18.6 Å². The molecule has 2 fully saturated rings. The monoisotopic (exact) mass is 418 g/mol. The van der Waals surface area contributed by atoms with E-state index in [2.05, 4.69) is 17.4 Å². The summed E-state index contributed by atoms with van der Waals surface area (Å²) in [6, 6.07) is 15.4. The Morgan fingerprint density at radius 1 is 1.13 bits per heavy atom. The van der Waals surface area contributed by atoms with Crippen molar-refractivity contribution in [1.29, 1.82) is 0 Å². The number of hydrogen-bond acceptors (Lipinski definition) is 5. The summed E-state index contributed by atoms with van der Waals surface area (Å²) in [4.78, 5) is 28.4. The molecule has 4 aliphatic rings. The van der Waals surface area contributed by atoms with Gasteiger partial charge in [-0.05, 0) is 24.1 Å². The number of nitrogens with zero attached hydrogens (tertiary/aromatic N) is 1. The summed E-state index contributed by atoms with van der Waals surface area (Å²) in [5, 5.41) is 2.94. The van der Waals surface area contributed by atoms with Crippen LogP contribution in [0.4, 0.5) is 5.69 Å². The summed E-state index contributed by atoms with van der Waals surface area (Å²) in [7, 11) is 0. The lowest BCUT2D eigenvalue weighted by atomic mass is 9.77. The molecule has 31 heavy (non-hydrogen) atoms. The number of carbonyl (C=O) groups is 2. The molecule has 0 aromatic heterocycles. The zero-order valence-electron chi connectivity index (χ0n) is 16.8. The molecule has 0 radical (unpaired) electrons. The van der Waals surface area contributed by atoms with E-state index in [9.17, 15) is 9.59 Å². The predicted molar refractivity (Wildman–Crippen MR) is 112 cm³/mol. The zero-order valence-corrected chi connectivity index (χ0v) is 16.8. The third-order valence-electron chi connectivity index (χ3n) is 6.63. The minimum Gasteiger partial charge on any atom is -0.454 e. The first-order valence-corrected chi connectivity index (χ1v) is 10.5. The second-order valence-electron chi connectivity index (χ2n) is 8.45. The van der Waals surface area contributed by atoms with Crippen molar-refractivity contribution in [3.63, 3.8) is 0 Å². The van der Waals surface area contributed by atoms with E-state index in [1.54, 1.807) is 18.2 Å². The van der Waals surface area contributed by atoms with Crippen molar-refractivity contribution in [3.8, 4) is 11.5 Å². The first-order valence-electron chi connectivity index (χ1n) is 10.5. The average molecular weight is 418 g/mol. The maximum Gasteiger partial charge on any atom is 0.231 e. The fourth-order valence-electron chi connectivity index (χ4n) is 5.18. The number of amides is 2. The molecule has 2 aromatic rings. The first-order chi connectivity index (χ1) is 15.1. The number of nitrogens with one attached hydrogen (secondary N) is 1. The second-order valence-corrected chi connectivity index (χ2v) is 8.45. The lowest BCUT2D eigenvalue weighted by Gasteiger charge is -2.23. The van der Waals surface area contributed by atoms with Crippen LogP contribution in [0.1, 0.15) is 5.56 Å². The summed E-state index contributed by atoms with van der Waals surface area (Å²) in [5.74, 6) is -0.00513. The average Bonchev–Trinajstić information content (AvgIpc) is 3.53. The van der Waals surface area contributed by atoms with Crippen molar-refractivity contribution in [3.05, 3.63) is 66.2 Å². The molecule has 2 saturated heterocycles. The van der Waals surface area contributed by atoms with Crippen LogP contribution in [0, 0.1) is 11.8 Å². The summed E-state index contributed by atoms with van der Waals surface area (Å²) in [6.07, 6.45) is 4.30. The van der Waals surface area contributed by atoms with E-state index in [0.29, 0.717) is 30.3 Å². The molecule has 6 rings (SSSR count). The van der Waals surface area contributed by atoms with Crippen LogP contribution in [-0.4, -0.2) is 48.3 Å². The molecular weight excluding hydrogens is 396 g/mol. The molecule has 0 saturated carbocycles. The third-order valence-corrected chi connectivity index (χ3v) is 6.63. The molecule has 2 bridgehead atoms. The molecule has 0 aliphatic carbocycles. The molecule has 7 heteroatoms. The van der Waals surface area contributed by atoms with E-state index in [-0.39, 0.29) is 24.7 Å². The largest absolute Gasteiger partial charge is 0.454 e. The van der Waals surface area contributed by atoms with Gasteiger partial charge in [0.25, 0.3) is 0 Å². The lowest BCUT2D eigenvalue weighted by Crippen LogP contribution is -2.41. The third kappa shape index (κ3) is 2.91. The molecule has 4 heterocycles. The van der Waals surface area contributed by atoms with Crippen LogP contribution < -0.4 is 14.8 Å². The van der Waals surface area contributed by atoms with Crippen LogP contribution in [0.2, 0.25) is 0 Å². The second kappa shape index (κ2) is 6.85. The summed E-state index contributed by atoms with van der Waals surface area (Å²) < 4.78 is 16.9. The van der Waals surface area contributed by atoms with E-state index < -0.39 is 17.4 Å². The zero-order chi connectivity index (χ0) is 21.0. The van der Waals surface area contributed by atoms with Crippen molar-refractivity contribution in [2.75, 3.05) is 25.2 Å². The van der Waals surface area contributed by atoms with Gasteiger partial charge in [-0.2, -0.15) is 0 Å². The van der Waals surface area contributed by atoms with Gasteiger partial charge in [-0.3, -0.25) is 9.59 Å². The van der Waals surface area contributed by atoms with E-state index >= 15 is 0 Å². The van der Waals surface area contributed by atoms with Crippen molar-refractivity contribution in [1.82, 2.24) is 4.90 Å². The molecule has 1 N–H and O–H groups in total. The summed E-state index contributed by atoms with van der Waals surface area (Å²) >= 11 is 0. The van der Waals surface area contributed by atoms with Crippen LogP contribution in [0.3, 0.4) is 0 Å². The molecule has 4 aliphatic heterocycles. The van der Waals surface area contributed by atoms with Gasteiger partial charge in [-0.1, -0.05) is 42.5 Å². The maximum absolute atomic E-state index is 13.3. The lowest BCUT2D eigenvalue weighted by molar-refractivity contribution is -0.135. The highest BCUT2D eigenvalue weighted by Gasteiger charge is 2.66. The minimum atomic E-state index is -0.699. The van der Waals surface area contributed by atoms with Gasteiger partial charge in [-0.25, -0.2) is 0 Å². The Morgan fingerprint density at radius 2 is 1.97 bits per heavy atom. The predicted octanol–water partition coefficient (Wildman–Crippen LogP) is 2.38. The molecule has 2 aromatic carbocycles. The first kappa shape index (κ1) is 18.4. The number of carbonyl (C=O) groups excluding carboxylic acids is 2. The SMILES string of the molecule is O=C(Nc1ccc2c(c1)OCO2)[C@H]1[C@@H]2C=C[C@@]3(CN(CCc4ccccc4)C(=O)[C@H]13)O2. The van der Waals surface area contributed by atoms with Gasteiger partial charge in [0.1, 0.15) is 5.60 Å². The van der Waals surface area contributed by atoms with E-state index in [4.69, 9.17) is 14.2 Å². The highest BCUT2D eigenvalue weighted by Crippen LogP contribution is 2.52. The number of ether oxygens (including phenoxy) is 3. The molecule has 0 unspecified atom stereocenters. The number of benzene rings is 2. The van der Waals surface area contributed by atoms with Crippen molar-refractivity contribution >= 4 is 17.5 Å². The highest BCUT2D eigenvalue weighted by atomic mass is 16.7. The van der Waals surface area contributed by atoms with Gasteiger partial charge in [-0.15, -0.1) is 0 Å². The van der Waals surface area contributed by atoms with Gasteiger partial charge >= 0.3 is 0 Å². The van der Waals surface area contributed by atoms with Gasteiger partial charge < -0.3 is 24.4 Å². The quantitative estimate of drug-likeness (QED) is 0.755. The number of likely N-dealkylation sites (tertiary alicyclic amines) is 1. The standard InChI is InChI=1S/C24H22N2O5/c27-22(25-16-6-7-17-19(12-16)30-14-29-17)20-18-8-10-24(31-18)13-26(23(28)21(20)24)11-9-15-4-2-1-3-5-15/h1-8,10,12,18,20-21H,9,11,13-14H2,(H,25,27)/t18-,20-,21-,24-/m0/s1. The topological polar surface area (TPSA) is 77.1 Å². The summed E-state index contributed by atoms with van der Waals surface area (Å²) in [5.41, 5.74) is 1.10. The molecule has 1 spiro atoms. The number of anilines is 1. The maximum atomic E-state index is 13.3. The van der Waals surface area contributed by atoms with Gasteiger partial charge in [0.05, 0.1) is 24.5 Å². The highest BCUT2D eigenvalue weighted by molar-refractivity contribution is 5.99. The molecule has 2 amide bonds. The Labute approximate surface area is 179 Å². The van der Waals surface area contributed by atoms with Gasteiger partial charge in [0.15, 0.2) is 11.5 Å². The van der Waals surface area contributed by atoms with E-state index in [1.807, 2.05) is 35.3 Å². The number of fused-ring (bicyclic) bond motifs is 2. The van der Waals surface area contributed by atoms with Crippen LogP contribution in [0.15, 0.2) is 60.7 Å². The fraction of sp³-hybridized carbons (Fsp3) is 0.333. The van der Waals surface area contributed by atoms with Crippen molar-refractivity contribution < 1.29 is 23.8 Å². The van der Waals surface area contributed by atoms with Crippen molar-refractivity contribution in [2.24, 2.45) is 11.8 Å². The minimum absolute atomic E-state index is 0.00591. The van der Waals surface area contributed by atoms with Crippen LogP contribution in [-0.2, 0) is 20.7 Å². The van der Waals surface area contributed by atoms with Crippen molar-refractivity contribution in [2.45, 2.75) is 18.1 Å². The summed E-state index contributed by atoms with van der Waals surface area (Å²) in [6.45, 7) is 1.28. The van der Waals surface area contributed by atoms with Crippen LogP contribution >= 0.6 is 0 Å². The molecule has 4 atom stereocenters. The smallest absolute Gasteiger partial charge is 0.231 e. The Morgan fingerprint density at radius 3 is 2.84 bits per heavy atom. The molecular formula is C24H22N2O5. The Kier molecular flexibility index (Phi) is 4.08. The van der Waals surface area contributed by atoms with E-state index in [0.717, 1.165) is 6.42 Å². The van der Waals surface area contributed by atoms with Crippen LogP contribution in [0.25, 0.3) is 0 Å². The Bertz CT molecular complexity index is 1080. The van der Waals surface area contributed by atoms with Crippen LogP contribution in [0.5, 0.6) is 11.5 Å². The Hall–Kier alpha value is -3.32. The molecule has 7 nitrogen and oxygen atoms in total. The normalized spacial score (nSPS) is 29.5. The number of rotatable bonds is 5. The van der Waals surface area contributed by atoms with Gasteiger partial charge in [0, 0.05) is 18.3 Å². The number of hydrogen-bond donors (Lipinski definition) is 1. The Balaban J connectivity index is 1.19. The van der Waals surface area contributed by atoms with E-state index in [1.165, 1.54) is 5.56 Å².